The number of thiocarbonyl (C=S) groups is 1. The lowest BCUT2D eigenvalue weighted by Crippen LogP contribution is -2.59. The molecule has 42 heavy (non-hydrogen) atoms. The van der Waals surface area contributed by atoms with Gasteiger partial charge < -0.3 is 10.0 Å². The molecule has 1 aliphatic heterocycles. The Kier molecular flexibility index (Phi) is 8.92. The number of sulfonamides is 2. The molecule has 1 heterocycles. The predicted octanol–water partition coefficient (Wildman–Crippen LogP) is 4.10. The Morgan fingerprint density at radius 3 is 2.19 bits per heavy atom. The lowest BCUT2D eigenvalue weighted by molar-refractivity contribution is -0.258. The van der Waals surface area contributed by atoms with Crippen LogP contribution in [0.15, 0.2) is 71.7 Å². The Labute approximate surface area is 247 Å². The number of rotatable bonds is 8. The number of anilines is 2. The molecule has 2 aromatic rings. The van der Waals surface area contributed by atoms with Crippen LogP contribution in [0.1, 0.15) is 18.9 Å². The van der Waals surface area contributed by atoms with Crippen molar-refractivity contribution in [1.29, 1.82) is 0 Å². The van der Waals surface area contributed by atoms with Crippen LogP contribution in [0, 0.1) is 5.82 Å². The Morgan fingerprint density at radius 1 is 1.02 bits per heavy atom. The number of allylic oxidation sites excluding steroid dienone is 4. The fraction of sp³-hybridized carbons (Fsp3) is 0.370. The van der Waals surface area contributed by atoms with E-state index in [9.17, 15) is 39.5 Å². The minimum atomic E-state index is -4.92. The molecule has 8 nitrogen and oxygen atoms in total. The van der Waals surface area contributed by atoms with Gasteiger partial charge in [-0.1, -0.05) is 36.5 Å². The van der Waals surface area contributed by atoms with E-state index in [2.05, 4.69) is 0 Å². The maximum atomic E-state index is 13.6. The molecular formula is C27H29F4N3O5S3. The fourth-order valence-corrected chi connectivity index (χ4v) is 7.82. The smallest absolute Gasteiger partial charge is 0.376 e. The van der Waals surface area contributed by atoms with Crippen molar-refractivity contribution < 1.29 is 39.5 Å². The van der Waals surface area contributed by atoms with Gasteiger partial charge in [0.2, 0.25) is 20.0 Å². The van der Waals surface area contributed by atoms with Crippen LogP contribution in [0.2, 0.25) is 0 Å². The molecule has 0 spiro atoms. The van der Waals surface area contributed by atoms with Crippen LogP contribution >= 0.6 is 12.2 Å². The third-order valence-corrected chi connectivity index (χ3v) is 10.9. The van der Waals surface area contributed by atoms with Crippen molar-refractivity contribution in [3.8, 4) is 0 Å². The molecule has 4 rings (SSSR count). The number of alkyl halides is 3. The molecule has 1 saturated heterocycles. The summed E-state index contributed by atoms with van der Waals surface area (Å²) in [6.45, 7) is 0.250. The maximum Gasteiger partial charge on any atom is 0.421 e. The van der Waals surface area contributed by atoms with E-state index in [0.29, 0.717) is 12.6 Å². The van der Waals surface area contributed by atoms with E-state index >= 15 is 0 Å². The minimum Gasteiger partial charge on any atom is -0.376 e. The monoisotopic (exact) mass is 647 g/mol. The summed E-state index contributed by atoms with van der Waals surface area (Å²) in [6.07, 6.45) is 1.05. The first-order valence-corrected chi connectivity index (χ1v) is 16.4. The maximum absolute atomic E-state index is 13.6. The largest absolute Gasteiger partial charge is 0.421 e. The van der Waals surface area contributed by atoms with E-state index in [4.69, 9.17) is 12.2 Å². The van der Waals surface area contributed by atoms with Crippen molar-refractivity contribution in [2.24, 2.45) is 0 Å². The van der Waals surface area contributed by atoms with Crippen LogP contribution in [0.5, 0.6) is 0 Å². The van der Waals surface area contributed by atoms with Gasteiger partial charge >= 0.3 is 6.18 Å². The number of piperazine rings is 1. The van der Waals surface area contributed by atoms with Crippen molar-refractivity contribution in [3.63, 3.8) is 0 Å². The number of hydrogen-bond donors (Lipinski definition) is 1. The Bertz CT molecular complexity index is 1610. The summed E-state index contributed by atoms with van der Waals surface area (Å²) in [6, 6.07) is 8.89. The molecule has 1 unspecified atom stereocenters. The molecule has 2 atom stereocenters. The van der Waals surface area contributed by atoms with Crippen molar-refractivity contribution in [3.05, 3.63) is 83.0 Å². The molecule has 0 aromatic heterocycles. The van der Waals surface area contributed by atoms with Crippen LogP contribution in [0.25, 0.3) is 0 Å². The standard InChI is InChI=1S/C27H29F4N3O5S3/c1-26(35,27(29,30)31)19-7-11-21(12-8-19)33-16-15-32(42(38,39)25-6-4-3-5-24(25)40)17-23(33)18-34(41(2,36)37)22-13-9-20(28)10-14-22/h3-4,6-14,23,35H,5,15-18H2,1-2H3/t23-,26?/m1/s1. The van der Waals surface area contributed by atoms with E-state index in [0.717, 1.165) is 34.8 Å². The van der Waals surface area contributed by atoms with Gasteiger partial charge in [-0.2, -0.15) is 17.5 Å². The summed E-state index contributed by atoms with van der Waals surface area (Å²) in [5.74, 6) is -0.579. The number of nitrogens with zero attached hydrogens (tertiary/aromatic N) is 3. The second-order valence-corrected chi connectivity index (χ2v) is 14.5. The number of aliphatic hydroxyl groups is 1. The van der Waals surface area contributed by atoms with Crippen LogP contribution in [-0.4, -0.2) is 75.8 Å². The van der Waals surface area contributed by atoms with Gasteiger partial charge in [-0.25, -0.2) is 21.2 Å². The quantitative estimate of drug-likeness (QED) is 0.341. The van der Waals surface area contributed by atoms with Crippen molar-refractivity contribution in [2.75, 3.05) is 41.6 Å². The number of halogens is 4. The second kappa shape index (κ2) is 11.7. The van der Waals surface area contributed by atoms with E-state index in [1.54, 1.807) is 17.1 Å². The third kappa shape index (κ3) is 6.54. The van der Waals surface area contributed by atoms with Crippen LogP contribution in [0.3, 0.4) is 0 Å². The van der Waals surface area contributed by atoms with Gasteiger partial charge in [0, 0.05) is 36.6 Å². The molecule has 0 radical (unpaired) electrons. The number of benzene rings is 2. The van der Waals surface area contributed by atoms with Gasteiger partial charge in [0.15, 0.2) is 5.60 Å². The zero-order chi connectivity index (χ0) is 31.1. The first kappa shape index (κ1) is 32.1. The summed E-state index contributed by atoms with van der Waals surface area (Å²) in [7, 11) is -8.00. The Balaban J connectivity index is 1.73. The van der Waals surface area contributed by atoms with Gasteiger partial charge in [-0.05, 0) is 55.0 Å². The van der Waals surface area contributed by atoms with E-state index in [1.807, 2.05) is 0 Å². The topological polar surface area (TPSA) is 98.2 Å². The zero-order valence-electron chi connectivity index (χ0n) is 22.6. The van der Waals surface area contributed by atoms with E-state index in [-0.39, 0.29) is 48.1 Å². The molecule has 228 valence electrons. The molecule has 2 aliphatic rings. The normalized spacial score (nSPS) is 20.3. The summed E-state index contributed by atoms with van der Waals surface area (Å²) in [5, 5.41) is 10.1. The Hall–Kier alpha value is -2.85. The van der Waals surface area contributed by atoms with Crippen LogP contribution in [-0.2, 0) is 25.6 Å². The molecular weight excluding hydrogens is 619 g/mol. The van der Waals surface area contributed by atoms with Gasteiger partial charge in [0.1, 0.15) is 5.82 Å². The third-order valence-electron chi connectivity index (χ3n) is 7.23. The first-order chi connectivity index (χ1) is 19.4. The molecule has 1 fully saturated rings. The molecule has 2 aromatic carbocycles. The highest BCUT2D eigenvalue weighted by Gasteiger charge is 2.51. The number of hydrogen-bond acceptors (Lipinski definition) is 7. The van der Waals surface area contributed by atoms with Gasteiger partial charge in [-0.15, -0.1) is 0 Å². The summed E-state index contributed by atoms with van der Waals surface area (Å²) in [4.78, 5) is 1.92. The summed E-state index contributed by atoms with van der Waals surface area (Å²) >= 11 is 5.28. The average molecular weight is 648 g/mol. The van der Waals surface area contributed by atoms with Crippen LogP contribution < -0.4 is 9.21 Å². The summed E-state index contributed by atoms with van der Waals surface area (Å²) < 4.78 is 109. The molecule has 1 aliphatic carbocycles. The fourth-order valence-electron chi connectivity index (χ4n) is 4.81. The van der Waals surface area contributed by atoms with Gasteiger partial charge in [-0.3, -0.25) is 4.31 Å². The first-order valence-electron chi connectivity index (χ1n) is 12.7. The van der Waals surface area contributed by atoms with Crippen molar-refractivity contribution in [1.82, 2.24) is 4.31 Å². The summed E-state index contributed by atoms with van der Waals surface area (Å²) in [5.41, 5.74) is -2.96. The van der Waals surface area contributed by atoms with Gasteiger partial charge in [0.05, 0.1) is 29.4 Å². The highest BCUT2D eigenvalue weighted by molar-refractivity contribution is 7.96. The molecule has 0 saturated carbocycles. The second-order valence-electron chi connectivity index (χ2n) is 10.2. The molecule has 0 amide bonds. The van der Waals surface area contributed by atoms with Crippen molar-refractivity contribution in [2.45, 2.75) is 31.2 Å². The average Bonchev–Trinajstić information content (AvgIpc) is 2.91. The van der Waals surface area contributed by atoms with Crippen LogP contribution in [0.4, 0.5) is 28.9 Å². The molecule has 1 N–H and O–H groups in total. The van der Waals surface area contributed by atoms with E-state index in [1.165, 1.54) is 34.6 Å². The lowest BCUT2D eigenvalue weighted by Gasteiger charge is -2.44. The zero-order valence-corrected chi connectivity index (χ0v) is 25.1. The minimum absolute atomic E-state index is 0.0139. The van der Waals surface area contributed by atoms with Crippen molar-refractivity contribution >= 4 is 48.5 Å². The van der Waals surface area contributed by atoms with Gasteiger partial charge in [0.25, 0.3) is 0 Å². The predicted molar refractivity (Wildman–Crippen MR) is 157 cm³/mol. The highest BCUT2D eigenvalue weighted by atomic mass is 32.2. The van der Waals surface area contributed by atoms with E-state index < -0.39 is 49.2 Å². The Morgan fingerprint density at radius 2 is 1.64 bits per heavy atom. The SMILES string of the molecule is CC(O)(c1ccc(N2CCN(S(=O)(=O)C3=CC=CCC3=S)C[C@@H]2CN(c2ccc(F)cc2)S(C)(=O)=O)cc1)C(F)(F)F. The molecule has 15 heteroatoms. The highest BCUT2D eigenvalue weighted by Crippen LogP contribution is 2.39. The lowest BCUT2D eigenvalue weighted by atomic mass is 9.95. The molecule has 0 bridgehead atoms.